The second kappa shape index (κ2) is 4.52. The summed E-state index contributed by atoms with van der Waals surface area (Å²) in [4.78, 5) is 4.28. The minimum absolute atomic E-state index is 0.292. The molecule has 2 aromatic carbocycles. The van der Waals surface area contributed by atoms with Crippen molar-refractivity contribution in [3.63, 3.8) is 0 Å². The molecule has 4 heteroatoms. The number of aromatic nitrogens is 1. The average Bonchev–Trinajstić information content (AvgIpc) is 2.39. The van der Waals surface area contributed by atoms with Gasteiger partial charge >= 0.3 is 0 Å². The Morgan fingerprint density at radius 1 is 1.00 bits per heavy atom. The van der Waals surface area contributed by atoms with E-state index in [1.165, 1.54) is 6.07 Å². The van der Waals surface area contributed by atoms with Gasteiger partial charge in [0.2, 0.25) is 0 Å². The zero-order valence-electron chi connectivity index (χ0n) is 9.90. The number of anilines is 1. The van der Waals surface area contributed by atoms with Crippen LogP contribution in [0.15, 0.2) is 48.5 Å². The first-order chi connectivity index (χ1) is 9.16. The van der Waals surface area contributed by atoms with Gasteiger partial charge in [-0.3, -0.25) is 0 Å². The fourth-order valence-corrected chi connectivity index (χ4v) is 2.29. The lowest BCUT2D eigenvalue weighted by Crippen LogP contribution is -1.96. The average molecular weight is 273 g/mol. The molecule has 0 radical (unpaired) electrons. The highest BCUT2D eigenvalue weighted by molar-refractivity contribution is 6.35. The van der Waals surface area contributed by atoms with Crippen molar-refractivity contribution in [3.8, 4) is 11.1 Å². The van der Waals surface area contributed by atoms with Crippen LogP contribution >= 0.6 is 11.6 Å². The van der Waals surface area contributed by atoms with Crippen LogP contribution in [0.2, 0.25) is 5.02 Å². The molecule has 1 aromatic heterocycles. The predicted octanol–water partition coefficient (Wildman–Crippen LogP) is 4.28. The topological polar surface area (TPSA) is 38.9 Å². The van der Waals surface area contributed by atoms with Gasteiger partial charge in [0.1, 0.15) is 11.6 Å². The summed E-state index contributed by atoms with van der Waals surface area (Å²) in [6, 6.07) is 13.6. The zero-order valence-corrected chi connectivity index (χ0v) is 10.7. The first-order valence-corrected chi connectivity index (χ1v) is 6.14. The number of pyridine rings is 1. The van der Waals surface area contributed by atoms with Crippen molar-refractivity contribution < 1.29 is 4.39 Å². The van der Waals surface area contributed by atoms with Crippen molar-refractivity contribution in [2.75, 3.05) is 5.73 Å². The summed E-state index contributed by atoms with van der Waals surface area (Å²) >= 11 is 6.13. The molecular weight excluding hydrogens is 263 g/mol. The van der Waals surface area contributed by atoms with Gasteiger partial charge < -0.3 is 5.73 Å². The van der Waals surface area contributed by atoms with E-state index < -0.39 is 0 Å². The highest BCUT2D eigenvalue weighted by Crippen LogP contribution is 2.32. The summed E-state index contributed by atoms with van der Waals surface area (Å²) in [6.45, 7) is 0. The summed E-state index contributed by atoms with van der Waals surface area (Å²) in [5.74, 6) is -0.0396. The van der Waals surface area contributed by atoms with E-state index in [9.17, 15) is 4.39 Å². The van der Waals surface area contributed by atoms with Crippen LogP contribution in [0.1, 0.15) is 0 Å². The number of hydrogen-bond donors (Lipinski definition) is 1. The Kier molecular flexibility index (Phi) is 2.84. The summed E-state index contributed by atoms with van der Waals surface area (Å²) in [5.41, 5.74) is 7.60. The van der Waals surface area contributed by atoms with E-state index in [1.54, 1.807) is 36.4 Å². The fourth-order valence-electron chi connectivity index (χ4n) is 2.07. The molecule has 2 nitrogen and oxygen atoms in total. The van der Waals surface area contributed by atoms with Crippen LogP contribution in [0.3, 0.4) is 0 Å². The number of fused-ring (bicyclic) bond motifs is 1. The van der Waals surface area contributed by atoms with Crippen LogP contribution < -0.4 is 5.73 Å². The molecule has 0 fully saturated rings. The normalized spacial score (nSPS) is 10.8. The Hall–Kier alpha value is -2.13. The number of hydrogen-bond acceptors (Lipinski definition) is 2. The Morgan fingerprint density at radius 3 is 2.58 bits per heavy atom. The minimum atomic E-state index is -0.331. The van der Waals surface area contributed by atoms with Gasteiger partial charge in [0.15, 0.2) is 0 Å². The monoisotopic (exact) mass is 272 g/mol. The van der Waals surface area contributed by atoms with Crippen molar-refractivity contribution in [3.05, 3.63) is 59.4 Å². The summed E-state index contributed by atoms with van der Waals surface area (Å²) < 4.78 is 13.8. The maximum atomic E-state index is 13.8. The van der Waals surface area contributed by atoms with Gasteiger partial charge in [-0.05, 0) is 24.3 Å². The van der Waals surface area contributed by atoms with Crippen LogP contribution in [0.4, 0.5) is 10.2 Å². The van der Waals surface area contributed by atoms with E-state index in [-0.39, 0.29) is 5.82 Å². The third-order valence-corrected chi connectivity index (χ3v) is 3.33. The highest BCUT2D eigenvalue weighted by atomic mass is 35.5. The van der Waals surface area contributed by atoms with Crippen molar-refractivity contribution >= 4 is 28.3 Å². The molecule has 3 rings (SSSR count). The molecule has 0 atom stereocenters. The molecule has 0 unspecified atom stereocenters. The first-order valence-electron chi connectivity index (χ1n) is 5.76. The number of nitrogen functional groups attached to an aromatic ring is 1. The van der Waals surface area contributed by atoms with Gasteiger partial charge in [-0.25, -0.2) is 9.37 Å². The SMILES string of the molecule is Nc1nc2cccc(Cl)c2cc1-c1ccccc1F. The van der Waals surface area contributed by atoms with Crippen LogP contribution in [-0.4, -0.2) is 4.98 Å². The van der Waals surface area contributed by atoms with Crippen LogP contribution in [0.5, 0.6) is 0 Å². The highest BCUT2D eigenvalue weighted by Gasteiger charge is 2.11. The standard InChI is InChI=1S/C15H10ClFN2/c16-12-5-3-7-14-11(12)8-10(15(18)19-14)9-4-1-2-6-13(9)17/h1-8H,(H2,18,19). The number of halogens is 2. The van der Waals surface area contributed by atoms with Gasteiger partial charge in [-0.2, -0.15) is 0 Å². The van der Waals surface area contributed by atoms with E-state index >= 15 is 0 Å². The molecule has 0 saturated carbocycles. The predicted molar refractivity (Wildman–Crippen MR) is 76.6 cm³/mol. The Morgan fingerprint density at radius 2 is 1.79 bits per heavy atom. The Balaban J connectivity index is 2.33. The van der Waals surface area contributed by atoms with Gasteiger partial charge in [-0.1, -0.05) is 35.9 Å². The lowest BCUT2D eigenvalue weighted by atomic mass is 10.0. The lowest BCUT2D eigenvalue weighted by molar-refractivity contribution is 0.631. The molecule has 0 bridgehead atoms. The van der Waals surface area contributed by atoms with Crippen molar-refractivity contribution in [1.29, 1.82) is 0 Å². The van der Waals surface area contributed by atoms with Gasteiger partial charge in [-0.15, -0.1) is 0 Å². The van der Waals surface area contributed by atoms with E-state index in [0.29, 0.717) is 27.5 Å². The van der Waals surface area contributed by atoms with Crippen LogP contribution in [0, 0.1) is 5.82 Å². The van der Waals surface area contributed by atoms with E-state index in [0.717, 1.165) is 5.39 Å². The summed E-state index contributed by atoms with van der Waals surface area (Å²) in [7, 11) is 0. The van der Waals surface area contributed by atoms with Crippen LogP contribution in [0.25, 0.3) is 22.0 Å². The second-order valence-electron chi connectivity index (χ2n) is 4.21. The fraction of sp³-hybridized carbons (Fsp3) is 0. The first kappa shape index (κ1) is 11.9. The quantitative estimate of drug-likeness (QED) is 0.718. The number of benzene rings is 2. The molecule has 0 aliphatic heterocycles. The zero-order chi connectivity index (χ0) is 13.4. The lowest BCUT2D eigenvalue weighted by Gasteiger charge is -2.09. The third-order valence-electron chi connectivity index (χ3n) is 3.00. The molecule has 3 aromatic rings. The summed E-state index contributed by atoms with van der Waals surface area (Å²) in [6.07, 6.45) is 0. The molecule has 0 amide bonds. The van der Waals surface area contributed by atoms with Crippen LogP contribution in [-0.2, 0) is 0 Å². The smallest absolute Gasteiger partial charge is 0.132 e. The van der Waals surface area contributed by atoms with E-state index in [2.05, 4.69) is 4.98 Å². The molecule has 0 aliphatic carbocycles. The Labute approximate surface area is 114 Å². The van der Waals surface area contributed by atoms with E-state index in [1.807, 2.05) is 6.07 Å². The number of nitrogens with zero attached hydrogens (tertiary/aromatic N) is 1. The Bertz CT molecular complexity index is 771. The maximum absolute atomic E-state index is 13.8. The maximum Gasteiger partial charge on any atom is 0.132 e. The molecule has 0 spiro atoms. The van der Waals surface area contributed by atoms with Crippen molar-refractivity contribution in [1.82, 2.24) is 4.98 Å². The minimum Gasteiger partial charge on any atom is -0.383 e. The van der Waals surface area contributed by atoms with Gasteiger partial charge in [0, 0.05) is 21.5 Å². The summed E-state index contributed by atoms with van der Waals surface area (Å²) in [5, 5.41) is 1.33. The van der Waals surface area contributed by atoms with Crippen molar-refractivity contribution in [2.24, 2.45) is 0 Å². The molecule has 94 valence electrons. The molecule has 2 N–H and O–H groups in total. The molecular formula is C15H10ClFN2. The number of nitrogens with two attached hydrogens (primary N) is 1. The third kappa shape index (κ3) is 2.02. The largest absolute Gasteiger partial charge is 0.383 e. The van der Waals surface area contributed by atoms with Gasteiger partial charge in [0.25, 0.3) is 0 Å². The molecule has 1 heterocycles. The molecule has 19 heavy (non-hydrogen) atoms. The molecule has 0 saturated heterocycles. The van der Waals surface area contributed by atoms with Gasteiger partial charge in [0.05, 0.1) is 5.52 Å². The number of rotatable bonds is 1. The van der Waals surface area contributed by atoms with Crippen molar-refractivity contribution in [2.45, 2.75) is 0 Å². The second-order valence-corrected chi connectivity index (χ2v) is 4.61. The van der Waals surface area contributed by atoms with E-state index in [4.69, 9.17) is 17.3 Å². The molecule has 0 aliphatic rings.